The molecule has 1 heterocycles. The van der Waals surface area contributed by atoms with Crippen LogP contribution in [0.2, 0.25) is 0 Å². The van der Waals surface area contributed by atoms with Crippen molar-refractivity contribution in [3.05, 3.63) is 47.7 Å². The van der Waals surface area contributed by atoms with Gasteiger partial charge in [0, 0.05) is 5.54 Å². The Bertz CT molecular complexity index is 903. The fraction of sp³-hybridized carbons (Fsp3) is 0.520. The molecule has 5 heteroatoms. The van der Waals surface area contributed by atoms with E-state index in [1.807, 2.05) is 44.2 Å². The van der Waals surface area contributed by atoms with E-state index in [0.29, 0.717) is 5.69 Å². The van der Waals surface area contributed by atoms with E-state index >= 15 is 0 Å². The van der Waals surface area contributed by atoms with Gasteiger partial charge in [0.25, 0.3) is 5.91 Å². The van der Waals surface area contributed by atoms with Crippen molar-refractivity contribution < 1.29 is 9.53 Å². The molecule has 4 fully saturated rings. The van der Waals surface area contributed by atoms with E-state index in [2.05, 4.69) is 15.6 Å². The predicted octanol–water partition coefficient (Wildman–Crippen LogP) is 5.10. The molecule has 0 saturated heterocycles. The number of rotatable bonds is 6. The molecule has 0 radical (unpaired) electrons. The zero-order valence-electron chi connectivity index (χ0n) is 17.9. The third-order valence-corrected chi connectivity index (χ3v) is 7.39. The van der Waals surface area contributed by atoms with Gasteiger partial charge in [0.1, 0.15) is 11.6 Å². The lowest BCUT2D eigenvalue weighted by atomic mass is 9.53. The van der Waals surface area contributed by atoms with Gasteiger partial charge in [0.15, 0.2) is 6.61 Å². The summed E-state index contributed by atoms with van der Waals surface area (Å²) < 4.78 is 5.69. The lowest BCUT2D eigenvalue weighted by Gasteiger charge is -2.57. The van der Waals surface area contributed by atoms with E-state index < -0.39 is 0 Å². The normalized spacial score (nSPS) is 28.9. The zero-order valence-corrected chi connectivity index (χ0v) is 17.9. The molecule has 1 aromatic heterocycles. The Hall–Kier alpha value is -2.56. The molecule has 4 bridgehead atoms. The number of hydrogen-bond acceptors (Lipinski definition) is 4. The number of hydrogen-bond donors (Lipinski definition) is 2. The number of amides is 1. The highest BCUT2D eigenvalue weighted by Crippen LogP contribution is 2.56. The van der Waals surface area contributed by atoms with E-state index in [0.717, 1.165) is 40.4 Å². The van der Waals surface area contributed by atoms with Crippen LogP contribution >= 0.6 is 0 Å². The van der Waals surface area contributed by atoms with Gasteiger partial charge in [0.2, 0.25) is 0 Å². The lowest BCUT2D eigenvalue weighted by molar-refractivity contribution is -0.118. The third-order valence-electron chi connectivity index (χ3n) is 7.39. The summed E-state index contributed by atoms with van der Waals surface area (Å²) in [6, 6.07) is 9.77. The fourth-order valence-corrected chi connectivity index (χ4v) is 6.30. The fourth-order valence-electron chi connectivity index (χ4n) is 6.30. The van der Waals surface area contributed by atoms with Gasteiger partial charge in [-0.3, -0.25) is 4.79 Å². The van der Waals surface area contributed by atoms with Crippen molar-refractivity contribution in [2.45, 2.75) is 57.9 Å². The molecule has 0 atom stereocenters. The summed E-state index contributed by atoms with van der Waals surface area (Å²) in [6.45, 7) is 4.02. The molecular weight excluding hydrogens is 374 g/mol. The topological polar surface area (TPSA) is 63.2 Å². The number of pyridine rings is 1. The summed E-state index contributed by atoms with van der Waals surface area (Å²) in [7, 11) is 0. The molecule has 4 saturated carbocycles. The number of nitrogens with one attached hydrogen (secondary N) is 2. The Morgan fingerprint density at radius 3 is 2.40 bits per heavy atom. The summed E-state index contributed by atoms with van der Waals surface area (Å²) >= 11 is 0. The molecule has 6 rings (SSSR count). The van der Waals surface area contributed by atoms with Crippen molar-refractivity contribution in [2.75, 3.05) is 17.2 Å². The molecule has 1 aromatic carbocycles. The Labute approximate surface area is 178 Å². The van der Waals surface area contributed by atoms with Crippen LogP contribution in [0.1, 0.15) is 49.7 Å². The smallest absolute Gasteiger partial charge is 0.262 e. The molecule has 5 nitrogen and oxygen atoms in total. The average Bonchev–Trinajstić information content (AvgIpc) is 2.69. The van der Waals surface area contributed by atoms with Gasteiger partial charge in [-0.15, -0.1) is 0 Å². The van der Waals surface area contributed by atoms with Crippen molar-refractivity contribution in [1.82, 2.24) is 4.98 Å². The van der Waals surface area contributed by atoms with Crippen LogP contribution in [0.15, 0.2) is 36.5 Å². The van der Waals surface area contributed by atoms with Gasteiger partial charge in [-0.1, -0.05) is 12.1 Å². The maximum absolute atomic E-state index is 12.3. The van der Waals surface area contributed by atoms with Crippen molar-refractivity contribution in [1.29, 1.82) is 0 Å². The summed E-state index contributed by atoms with van der Waals surface area (Å²) in [4.78, 5) is 16.9. The van der Waals surface area contributed by atoms with Crippen LogP contribution in [0.25, 0.3) is 0 Å². The van der Waals surface area contributed by atoms with Crippen LogP contribution in [0.3, 0.4) is 0 Å². The van der Waals surface area contributed by atoms with Crippen LogP contribution in [-0.2, 0) is 4.79 Å². The number of anilines is 2. The highest BCUT2D eigenvalue weighted by Gasteiger charge is 2.51. The minimum absolute atomic E-state index is 0.0163. The molecule has 0 aliphatic heterocycles. The van der Waals surface area contributed by atoms with Crippen LogP contribution in [0, 0.1) is 31.6 Å². The average molecular weight is 406 g/mol. The van der Waals surface area contributed by atoms with Crippen LogP contribution in [0.4, 0.5) is 11.5 Å². The molecule has 2 aromatic rings. The first-order valence-corrected chi connectivity index (χ1v) is 11.2. The van der Waals surface area contributed by atoms with Crippen LogP contribution < -0.4 is 15.4 Å². The number of aromatic nitrogens is 1. The summed E-state index contributed by atoms with van der Waals surface area (Å²) in [5.74, 6) is 4.19. The minimum Gasteiger partial charge on any atom is -0.483 e. The van der Waals surface area contributed by atoms with Gasteiger partial charge in [0.05, 0.1) is 11.9 Å². The van der Waals surface area contributed by atoms with Crippen molar-refractivity contribution in [3.63, 3.8) is 0 Å². The Morgan fingerprint density at radius 2 is 1.77 bits per heavy atom. The lowest BCUT2D eigenvalue weighted by Crippen LogP contribution is -2.54. The number of nitrogens with zero attached hydrogens (tertiary/aromatic N) is 1. The molecule has 0 spiro atoms. The van der Waals surface area contributed by atoms with E-state index in [1.54, 1.807) is 6.20 Å². The van der Waals surface area contributed by atoms with Crippen molar-refractivity contribution in [3.8, 4) is 5.75 Å². The quantitative estimate of drug-likeness (QED) is 0.702. The van der Waals surface area contributed by atoms with E-state index in [9.17, 15) is 4.79 Å². The second-order valence-electron chi connectivity index (χ2n) is 9.79. The second-order valence-corrected chi connectivity index (χ2v) is 9.79. The molecule has 30 heavy (non-hydrogen) atoms. The molecular formula is C25H31N3O2. The van der Waals surface area contributed by atoms with Crippen LogP contribution in [-0.4, -0.2) is 23.0 Å². The van der Waals surface area contributed by atoms with Gasteiger partial charge >= 0.3 is 0 Å². The van der Waals surface area contributed by atoms with Gasteiger partial charge in [-0.2, -0.15) is 0 Å². The first-order chi connectivity index (χ1) is 14.5. The molecule has 4 aliphatic carbocycles. The summed E-state index contributed by atoms with van der Waals surface area (Å²) in [6.07, 6.45) is 9.90. The highest BCUT2D eigenvalue weighted by atomic mass is 16.5. The summed E-state index contributed by atoms with van der Waals surface area (Å²) in [5, 5.41) is 6.66. The van der Waals surface area contributed by atoms with Gasteiger partial charge in [-0.05, 0) is 99.5 Å². The summed E-state index contributed by atoms with van der Waals surface area (Å²) in [5.41, 5.74) is 3.15. The number of ether oxygens (including phenoxy) is 1. The second kappa shape index (κ2) is 7.60. The first-order valence-electron chi connectivity index (χ1n) is 11.2. The van der Waals surface area contributed by atoms with Gasteiger partial charge in [-0.25, -0.2) is 4.98 Å². The van der Waals surface area contributed by atoms with E-state index in [1.165, 1.54) is 38.5 Å². The van der Waals surface area contributed by atoms with Crippen molar-refractivity contribution >= 4 is 17.4 Å². The Balaban J connectivity index is 1.16. The third kappa shape index (κ3) is 3.90. The molecule has 4 aliphatic rings. The van der Waals surface area contributed by atoms with E-state index in [-0.39, 0.29) is 18.1 Å². The standard InChI is InChI=1S/C25H31N3O2/c1-16-4-3-5-22(17(16)2)30-15-24(29)27-21-6-7-23(26-14-21)28-25-11-18-8-19(12-25)10-20(9-18)13-25/h3-7,14,18-20H,8-13,15H2,1-2H3,(H,26,28)(H,27,29). The number of benzene rings is 1. The monoisotopic (exact) mass is 405 g/mol. The molecule has 0 unspecified atom stereocenters. The van der Waals surface area contributed by atoms with Crippen molar-refractivity contribution in [2.24, 2.45) is 17.8 Å². The maximum Gasteiger partial charge on any atom is 0.262 e. The first kappa shape index (κ1) is 19.4. The maximum atomic E-state index is 12.3. The number of carbonyl (C=O) groups excluding carboxylic acids is 1. The zero-order chi connectivity index (χ0) is 20.7. The SMILES string of the molecule is Cc1cccc(OCC(=O)Nc2ccc(NC34CC5CC(CC(C5)C3)C4)nc2)c1C. The van der Waals surface area contributed by atoms with Gasteiger partial charge < -0.3 is 15.4 Å². The largest absolute Gasteiger partial charge is 0.483 e. The minimum atomic E-state index is -0.181. The molecule has 2 N–H and O–H groups in total. The predicted molar refractivity (Wildman–Crippen MR) is 119 cm³/mol. The Morgan fingerprint density at radius 1 is 1.07 bits per heavy atom. The molecule has 1 amide bonds. The molecule has 158 valence electrons. The van der Waals surface area contributed by atoms with E-state index in [4.69, 9.17) is 4.74 Å². The Kier molecular flexibility index (Phi) is 4.92. The van der Waals surface area contributed by atoms with Crippen LogP contribution in [0.5, 0.6) is 5.75 Å². The number of carbonyl (C=O) groups is 1. The highest BCUT2D eigenvalue weighted by molar-refractivity contribution is 5.91. The number of aryl methyl sites for hydroxylation is 1.